The summed E-state index contributed by atoms with van der Waals surface area (Å²) in [5.74, 6) is 1.12. The lowest BCUT2D eigenvalue weighted by molar-refractivity contribution is 0.258. The predicted octanol–water partition coefficient (Wildman–Crippen LogP) is 1.33. The van der Waals surface area contributed by atoms with Crippen molar-refractivity contribution in [1.82, 2.24) is 15.2 Å². The smallest absolute Gasteiger partial charge is 0.128 e. The molecule has 100 valence electrons. The minimum Gasteiger partial charge on any atom is -0.354 e. The molecule has 1 fully saturated rings. The van der Waals surface area contributed by atoms with Crippen LogP contribution in [0.5, 0.6) is 0 Å². The second-order valence-electron chi connectivity index (χ2n) is 4.88. The summed E-state index contributed by atoms with van der Waals surface area (Å²) in [5.41, 5.74) is 1.24. The van der Waals surface area contributed by atoms with Gasteiger partial charge in [-0.1, -0.05) is 13.0 Å². The fraction of sp³-hybridized carbons (Fsp3) is 0.643. The summed E-state index contributed by atoms with van der Waals surface area (Å²) < 4.78 is 0. The summed E-state index contributed by atoms with van der Waals surface area (Å²) in [7, 11) is 1.96. The highest BCUT2D eigenvalue weighted by atomic mass is 15.3. The van der Waals surface area contributed by atoms with E-state index < -0.39 is 0 Å². The van der Waals surface area contributed by atoms with Gasteiger partial charge in [0, 0.05) is 38.9 Å². The molecule has 4 heteroatoms. The van der Waals surface area contributed by atoms with Gasteiger partial charge in [-0.05, 0) is 31.6 Å². The summed E-state index contributed by atoms with van der Waals surface area (Å²) in [6, 6.07) is 4.30. The second-order valence-corrected chi connectivity index (χ2v) is 4.88. The van der Waals surface area contributed by atoms with E-state index in [1.54, 1.807) is 0 Å². The van der Waals surface area contributed by atoms with Crippen molar-refractivity contribution in [3.05, 3.63) is 23.9 Å². The SMILES string of the molecule is CCCN1CCN(c2ccc(CNC)cn2)CC1. The van der Waals surface area contributed by atoms with Crippen molar-refractivity contribution in [3.8, 4) is 0 Å². The first-order valence-corrected chi connectivity index (χ1v) is 6.90. The maximum absolute atomic E-state index is 4.56. The molecule has 0 atom stereocenters. The first kappa shape index (κ1) is 13.3. The van der Waals surface area contributed by atoms with Gasteiger partial charge in [-0.15, -0.1) is 0 Å². The quantitative estimate of drug-likeness (QED) is 0.852. The maximum atomic E-state index is 4.56. The van der Waals surface area contributed by atoms with E-state index in [0.29, 0.717) is 0 Å². The Morgan fingerprint density at radius 1 is 1.22 bits per heavy atom. The van der Waals surface area contributed by atoms with Crippen LogP contribution in [-0.2, 0) is 6.54 Å². The van der Waals surface area contributed by atoms with Crippen LogP contribution in [0.15, 0.2) is 18.3 Å². The number of hydrogen-bond acceptors (Lipinski definition) is 4. The van der Waals surface area contributed by atoms with Crippen molar-refractivity contribution in [2.75, 3.05) is 44.7 Å². The number of nitrogens with zero attached hydrogens (tertiary/aromatic N) is 3. The van der Waals surface area contributed by atoms with Crippen LogP contribution in [0, 0.1) is 0 Å². The van der Waals surface area contributed by atoms with E-state index in [9.17, 15) is 0 Å². The predicted molar refractivity (Wildman–Crippen MR) is 75.9 cm³/mol. The zero-order valence-electron chi connectivity index (χ0n) is 11.5. The van der Waals surface area contributed by atoms with Crippen molar-refractivity contribution in [2.24, 2.45) is 0 Å². The minimum atomic E-state index is 0.886. The Labute approximate surface area is 110 Å². The molecule has 1 aromatic rings. The second kappa shape index (κ2) is 6.71. The number of piperazine rings is 1. The van der Waals surface area contributed by atoms with E-state index in [2.05, 4.69) is 39.2 Å². The minimum absolute atomic E-state index is 0.886. The third-order valence-corrected chi connectivity index (χ3v) is 3.43. The molecule has 0 spiro atoms. The first-order valence-electron chi connectivity index (χ1n) is 6.90. The Morgan fingerprint density at radius 2 is 2.00 bits per heavy atom. The summed E-state index contributed by atoms with van der Waals surface area (Å²) in [6.07, 6.45) is 3.22. The van der Waals surface area contributed by atoms with E-state index in [1.165, 1.54) is 18.5 Å². The van der Waals surface area contributed by atoms with Crippen molar-refractivity contribution in [1.29, 1.82) is 0 Å². The van der Waals surface area contributed by atoms with Gasteiger partial charge in [-0.2, -0.15) is 0 Å². The average Bonchev–Trinajstić information content (AvgIpc) is 2.41. The number of anilines is 1. The van der Waals surface area contributed by atoms with Crippen LogP contribution in [0.1, 0.15) is 18.9 Å². The van der Waals surface area contributed by atoms with Crippen molar-refractivity contribution in [2.45, 2.75) is 19.9 Å². The molecule has 1 N–H and O–H groups in total. The number of aromatic nitrogens is 1. The van der Waals surface area contributed by atoms with E-state index in [-0.39, 0.29) is 0 Å². The zero-order chi connectivity index (χ0) is 12.8. The average molecular weight is 248 g/mol. The van der Waals surface area contributed by atoms with Gasteiger partial charge in [-0.25, -0.2) is 4.98 Å². The van der Waals surface area contributed by atoms with Gasteiger partial charge in [0.25, 0.3) is 0 Å². The normalized spacial score (nSPS) is 17.1. The third-order valence-electron chi connectivity index (χ3n) is 3.43. The lowest BCUT2D eigenvalue weighted by atomic mass is 10.2. The van der Waals surface area contributed by atoms with Gasteiger partial charge in [0.1, 0.15) is 5.82 Å². The fourth-order valence-corrected chi connectivity index (χ4v) is 2.43. The zero-order valence-corrected chi connectivity index (χ0v) is 11.5. The van der Waals surface area contributed by atoms with Crippen LogP contribution >= 0.6 is 0 Å². The molecule has 0 radical (unpaired) electrons. The molecule has 4 nitrogen and oxygen atoms in total. The molecule has 1 aliphatic rings. The Kier molecular flexibility index (Phi) is 4.96. The molecule has 0 aromatic carbocycles. The van der Waals surface area contributed by atoms with Crippen LogP contribution in [0.4, 0.5) is 5.82 Å². The molecule has 1 aliphatic heterocycles. The van der Waals surface area contributed by atoms with Crippen LogP contribution in [0.2, 0.25) is 0 Å². The number of rotatable bonds is 5. The molecular weight excluding hydrogens is 224 g/mol. The van der Waals surface area contributed by atoms with Crippen LogP contribution in [0.3, 0.4) is 0 Å². The van der Waals surface area contributed by atoms with E-state index in [0.717, 1.165) is 38.5 Å². The monoisotopic (exact) mass is 248 g/mol. The molecule has 0 saturated carbocycles. The number of hydrogen-bond donors (Lipinski definition) is 1. The number of pyridine rings is 1. The molecule has 18 heavy (non-hydrogen) atoms. The summed E-state index contributed by atoms with van der Waals surface area (Å²) in [5, 5.41) is 3.14. The summed E-state index contributed by atoms with van der Waals surface area (Å²) in [6.45, 7) is 8.87. The van der Waals surface area contributed by atoms with E-state index >= 15 is 0 Å². The van der Waals surface area contributed by atoms with Crippen LogP contribution < -0.4 is 10.2 Å². The summed E-state index contributed by atoms with van der Waals surface area (Å²) >= 11 is 0. The van der Waals surface area contributed by atoms with Crippen molar-refractivity contribution >= 4 is 5.82 Å². The molecule has 2 rings (SSSR count). The van der Waals surface area contributed by atoms with Gasteiger partial charge >= 0.3 is 0 Å². The molecule has 0 aliphatic carbocycles. The highest BCUT2D eigenvalue weighted by molar-refractivity contribution is 5.39. The standard InChI is InChI=1S/C14H24N4/c1-3-6-17-7-9-18(10-8-17)14-5-4-13(11-15-2)12-16-14/h4-5,12,15H,3,6-11H2,1-2H3. The van der Waals surface area contributed by atoms with Gasteiger partial charge in [-0.3, -0.25) is 4.90 Å². The Hall–Kier alpha value is -1.13. The van der Waals surface area contributed by atoms with Gasteiger partial charge in [0.05, 0.1) is 0 Å². The van der Waals surface area contributed by atoms with Gasteiger partial charge in [0.15, 0.2) is 0 Å². The Balaban J connectivity index is 1.89. The summed E-state index contributed by atoms with van der Waals surface area (Å²) in [4.78, 5) is 9.48. The van der Waals surface area contributed by atoms with Crippen LogP contribution in [0.25, 0.3) is 0 Å². The number of nitrogens with one attached hydrogen (secondary N) is 1. The van der Waals surface area contributed by atoms with E-state index in [4.69, 9.17) is 0 Å². The molecule has 1 aromatic heterocycles. The fourth-order valence-electron chi connectivity index (χ4n) is 2.43. The first-order chi connectivity index (χ1) is 8.83. The lowest BCUT2D eigenvalue weighted by Gasteiger charge is -2.35. The maximum Gasteiger partial charge on any atom is 0.128 e. The van der Waals surface area contributed by atoms with Crippen molar-refractivity contribution < 1.29 is 0 Å². The van der Waals surface area contributed by atoms with Gasteiger partial charge in [0.2, 0.25) is 0 Å². The highest BCUT2D eigenvalue weighted by Crippen LogP contribution is 2.14. The third kappa shape index (κ3) is 3.43. The molecule has 0 amide bonds. The molecule has 2 heterocycles. The highest BCUT2D eigenvalue weighted by Gasteiger charge is 2.16. The van der Waals surface area contributed by atoms with E-state index in [1.807, 2.05) is 13.2 Å². The van der Waals surface area contributed by atoms with Crippen molar-refractivity contribution in [3.63, 3.8) is 0 Å². The van der Waals surface area contributed by atoms with Crippen LogP contribution in [-0.4, -0.2) is 49.7 Å². The Morgan fingerprint density at radius 3 is 2.56 bits per heavy atom. The molecule has 0 unspecified atom stereocenters. The Bertz CT molecular complexity index is 341. The molecule has 0 bridgehead atoms. The van der Waals surface area contributed by atoms with Gasteiger partial charge < -0.3 is 10.2 Å². The topological polar surface area (TPSA) is 31.4 Å². The molecule has 1 saturated heterocycles. The lowest BCUT2D eigenvalue weighted by Crippen LogP contribution is -2.46. The molecular formula is C14H24N4. The largest absolute Gasteiger partial charge is 0.354 e.